The molecular weight excluding hydrogens is 297 g/mol. The van der Waals surface area contributed by atoms with Crippen molar-refractivity contribution in [2.45, 2.75) is 0 Å². The van der Waals surface area contributed by atoms with Gasteiger partial charge in [-0.3, -0.25) is 4.98 Å². The molecule has 22 heavy (non-hydrogen) atoms. The van der Waals surface area contributed by atoms with Crippen LogP contribution < -0.4 is 0 Å². The van der Waals surface area contributed by atoms with E-state index >= 15 is 0 Å². The third kappa shape index (κ3) is 2.92. The van der Waals surface area contributed by atoms with Crippen molar-refractivity contribution in [3.63, 3.8) is 0 Å². The number of halogens is 1. The van der Waals surface area contributed by atoms with Crippen molar-refractivity contribution < 1.29 is 4.39 Å². The smallest absolute Gasteiger partial charge is 0.134 e. The fourth-order valence-corrected chi connectivity index (χ4v) is 2.74. The van der Waals surface area contributed by atoms with Crippen LogP contribution in [-0.2, 0) is 0 Å². The van der Waals surface area contributed by atoms with E-state index in [9.17, 15) is 9.65 Å². The molecule has 3 aromatic rings. The van der Waals surface area contributed by atoms with Crippen LogP contribution in [0.3, 0.4) is 0 Å². The number of hydrogen-bond acceptors (Lipinski definition) is 4. The number of aromatic nitrogens is 2. The normalized spacial score (nSPS) is 11.2. The summed E-state index contributed by atoms with van der Waals surface area (Å²) >= 11 is 1.36. The highest BCUT2D eigenvalue weighted by molar-refractivity contribution is 7.11. The van der Waals surface area contributed by atoms with Gasteiger partial charge in [0, 0.05) is 28.9 Å². The fourth-order valence-electron chi connectivity index (χ4n) is 1.94. The maximum absolute atomic E-state index is 13.7. The Hall–Kier alpha value is -2.84. The first-order valence-corrected chi connectivity index (χ1v) is 7.38. The zero-order chi connectivity index (χ0) is 15.4. The van der Waals surface area contributed by atoms with Crippen LogP contribution in [0.4, 0.5) is 4.39 Å². The minimum atomic E-state index is -0.360. The van der Waals surface area contributed by atoms with Crippen molar-refractivity contribution in [3.8, 4) is 17.3 Å². The van der Waals surface area contributed by atoms with Gasteiger partial charge in [-0.25, -0.2) is 9.37 Å². The van der Waals surface area contributed by atoms with Crippen LogP contribution in [0.25, 0.3) is 22.9 Å². The van der Waals surface area contributed by atoms with Gasteiger partial charge in [-0.2, -0.15) is 5.26 Å². The molecule has 1 aromatic carbocycles. The Morgan fingerprint density at radius 1 is 1.18 bits per heavy atom. The quantitative estimate of drug-likeness (QED) is 0.673. The number of nitriles is 1. The van der Waals surface area contributed by atoms with E-state index in [0.29, 0.717) is 16.1 Å². The fraction of sp³-hybridized carbons (Fsp3) is 0. The molecule has 2 aromatic heterocycles. The molecule has 0 spiro atoms. The van der Waals surface area contributed by atoms with Crippen molar-refractivity contribution >= 4 is 23.0 Å². The lowest BCUT2D eigenvalue weighted by Gasteiger charge is -1.97. The first kappa shape index (κ1) is 14.1. The molecule has 0 fully saturated rings. The molecule has 0 bridgehead atoms. The van der Waals surface area contributed by atoms with E-state index in [-0.39, 0.29) is 5.82 Å². The molecule has 5 heteroatoms. The first-order valence-electron chi connectivity index (χ1n) is 6.50. The summed E-state index contributed by atoms with van der Waals surface area (Å²) in [4.78, 5) is 8.42. The molecule has 0 atom stereocenters. The van der Waals surface area contributed by atoms with E-state index in [0.717, 1.165) is 11.3 Å². The first-order chi connectivity index (χ1) is 10.8. The predicted octanol–water partition coefficient (Wildman–Crippen LogP) is 4.41. The second kappa shape index (κ2) is 6.29. The number of pyridine rings is 1. The SMILES string of the molecule is N#C/C(=C/c1ccccc1F)c1nc(-c2ccncc2)cs1. The van der Waals surface area contributed by atoms with Crippen LogP contribution in [-0.4, -0.2) is 9.97 Å². The monoisotopic (exact) mass is 307 g/mol. The lowest BCUT2D eigenvalue weighted by atomic mass is 10.1. The third-order valence-electron chi connectivity index (χ3n) is 3.04. The van der Waals surface area contributed by atoms with Gasteiger partial charge in [0.15, 0.2) is 0 Å². The molecule has 0 radical (unpaired) electrons. The maximum atomic E-state index is 13.7. The molecule has 0 N–H and O–H groups in total. The number of allylic oxidation sites excluding steroid dienone is 1. The number of benzene rings is 1. The largest absolute Gasteiger partial charge is 0.265 e. The Bertz CT molecular complexity index is 863. The van der Waals surface area contributed by atoms with Gasteiger partial charge < -0.3 is 0 Å². The van der Waals surface area contributed by atoms with Crippen molar-refractivity contribution in [2.75, 3.05) is 0 Å². The predicted molar refractivity (Wildman–Crippen MR) is 85.2 cm³/mol. The zero-order valence-corrected chi connectivity index (χ0v) is 12.2. The van der Waals surface area contributed by atoms with Gasteiger partial charge in [-0.1, -0.05) is 18.2 Å². The lowest BCUT2D eigenvalue weighted by molar-refractivity contribution is 0.625. The zero-order valence-electron chi connectivity index (χ0n) is 11.4. The number of nitrogens with zero attached hydrogens (tertiary/aromatic N) is 3. The van der Waals surface area contributed by atoms with E-state index in [1.807, 2.05) is 17.5 Å². The second-order valence-corrected chi connectivity index (χ2v) is 5.32. The topological polar surface area (TPSA) is 49.6 Å². The number of hydrogen-bond donors (Lipinski definition) is 0. The number of thiazole rings is 1. The minimum Gasteiger partial charge on any atom is -0.265 e. The minimum absolute atomic E-state index is 0.343. The Morgan fingerprint density at radius 2 is 1.95 bits per heavy atom. The molecule has 106 valence electrons. The highest BCUT2D eigenvalue weighted by atomic mass is 32.1. The molecule has 0 aliphatic heterocycles. The maximum Gasteiger partial charge on any atom is 0.134 e. The van der Waals surface area contributed by atoms with Gasteiger partial charge >= 0.3 is 0 Å². The van der Waals surface area contributed by atoms with Crippen molar-refractivity contribution in [3.05, 3.63) is 70.6 Å². The van der Waals surface area contributed by atoms with E-state index in [4.69, 9.17) is 0 Å². The van der Waals surface area contributed by atoms with Crippen LogP contribution in [0.2, 0.25) is 0 Å². The van der Waals surface area contributed by atoms with Gasteiger partial charge in [0.2, 0.25) is 0 Å². The summed E-state index contributed by atoms with van der Waals surface area (Å²) in [6.07, 6.45) is 4.90. The summed E-state index contributed by atoms with van der Waals surface area (Å²) in [6, 6.07) is 12.1. The van der Waals surface area contributed by atoms with Crippen LogP contribution in [0.5, 0.6) is 0 Å². The Kier molecular flexibility index (Phi) is 4.03. The summed E-state index contributed by atoms with van der Waals surface area (Å²) < 4.78 is 13.7. The molecular formula is C17H10FN3S. The Morgan fingerprint density at radius 3 is 2.68 bits per heavy atom. The molecule has 0 aliphatic rings. The molecule has 3 nitrogen and oxygen atoms in total. The summed E-state index contributed by atoms with van der Waals surface area (Å²) in [5, 5.41) is 11.8. The summed E-state index contributed by atoms with van der Waals surface area (Å²) in [5.74, 6) is -0.360. The van der Waals surface area contributed by atoms with Gasteiger partial charge in [0.1, 0.15) is 16.9 Å². The van der Waals surface area contributed by atoms with E-state index in [1.165, 1.54) is 23.5 Å². The van der Waals surface area contributed by atoms with Gasteiger partial charge in [0.05, 0.1) is 11.3 Å². The average molecular weight is 307 g/mol. The molecule has 2 heterocycles. The van der Waals surface area contributed by atoms with Crippen molar-refractivity contribution in [1.29, 1.82) is 5.26 Å². The molecule has 0 aliphatic carbocycles. The second-order valence-electron chi connectivity index (χ2n) is 4.47. The molecule has 3 rings (SSSR count). The number of rotatable bonds is 3. The standard InChI is InChI=1S/C17H10FN3S/c18-15-4-2-1-3-13(15)9-14(10-19)17-21-16(11-22-17)12-5-7-20-8-6-12/h1-9,11H/b14-9-. The summed E-state index contributed by atoms with van der Waals surface area (Å²) in [5.41, 5.74) is 2.42. The molecule has 0 amide bonds. The Balaban J connectivity index is 1.98. The lowest BCUT2D eigenvalue weighted by Crippen LogP contribution is -1.85. The summed E-state index contributed by atoms with van der Waals surface area (Å²) in [6.45, 7) is 0. The highest BCUT2D eigenvalue weighted by Crippen LogP contribution is 2.27. The molecule has 0 unspecified atom stereocenters. The van der Waals surface area contributed by atoms with E-state index < -0.39 is 0 Å². The van der Waals surface area contributed by atoms with Crippen molar-refractivity contribution in [1.82, 2.24) is 9.97 Å². The molecule has 0 saturated carbocycles. The van der Waals surface area contributed by atoms with Gasteiger partial charge in [-0.05, 0) is 24.3 Å². The van der Waals surface area contributed by atoms with Crippen LogP contribution in [0.1, 0.15) is 10.6 Å². The van der Waals surface area contributed by atoms with Crippen LogP contribution >= 0.6 is 11.3 Å². The highest BCUT2D eigenvalue weighted by Gasteiger charge is 2.10. The van der Waals surface area contributed by atoms with Crippen LogP contribution in [0, 0.1) is 17.1 Å². The summed E-state index contributed by atoms with van der Waals surface area (Å²) in [7, 11) is 0. The van der Waals surface area contributed by atoms with Gasteiger partial charge in [0.25, 0.3) is 0 Å². The van der Waals surface area contributed by atoms with Crippen molar-refractivity contribution in [2.24, 2.45) is 0 Å². The third-order valence-corrected chi connectivity index (χ3v) is 3.91. The van der Waals surface area contributed by atoms with Crippen LogP contribution in [0.15, 0.2) is 54.2 Å². The molecule has 0 saturated heterocycles. The van der Waals surface area contributed by atoms with E-state index in [1.54, 1.807) is 30.6 Å². The van der Waals surface area contributed by atoms with Gasteiger partial charge in [-0.15, -0.1) is 11.3 Å². The Labute approximate surface area is 131 Å². The average Bonchev–Trinajstić information content (AvgIpc) is 3.05. The van der Waals surface area contributed by atoms with E-state index in [2.05, 4.69) is 16.0 Å².